The van der Waals surface area contributed by atoms with E-state index in [1.807, 2.05) is 30.3 Å². The Morgan fingerprint density at radius 1 is 1.20 bits per heavy atom. The zero-order valence-electron chi connectivity index (χ0n) is 11.2. The summed E-state index contributed by atoms with van der Waals surface area (Å²) in [6.07, 6.45) is 0.206. The van der Waals surface area contributed by atoms with Crippen LogP contribution in [-0.4, -0.2) is 23.0 Å². The van der Waals surface area contributed by atoms with Crippen molar-refractivity contribution in [2.75, 3.05) is 7.05 Å². The van der Waals surface area contributed by atoms with E-state index in [2.05, 4.69) is 15.9 Å². The minimum absolute atomic E-state index is 0.0218. The molecule has 0 heterocycles. The molecular formula is C16H16BrNO2. The standard InChI is InChI=1S/C16H16BrNO2/c1-18(11-12-5-4-7-14(17)9-12)16(20)10-13-6-2-3-8-15(13)19/h2-9,19H,10-11H2,1H3. The van der Waals surface area contributed by atoms with Gasteiger partial charge in [-0.3, -0.25) is 4.79 Å². The van der Waals surface area contributed by atoms with E-state index in [1.54, 1.807) is 30.1 Å². The van der Waals surface area contributed by atoms with Crippen molar-refractivity contribution in [3.05, 3.63) is 64.1 Å². The van der Waals surface area contributed by atoms with Crippen molar-refractivity contribution < 1.29 is 9.90 Å². The minimum Gasteiger partial charge on any atom is -0.508 e. The Morgan fingerprint density at radius 2 is 1.95 bits per heavy atom. The first-order chi connectivity index (χ1) is 9.56. The van der Waals surface area contributed by atoms with Crippen molar-refractivity contribution in [3.63, 3.8) is 0 Å². The summed E-state index contributed by atoms with van der Waals surface area (Å²) < 4.78 is 0.997. The fraction of sp³-hybridized carbons (Fsp3) is 0.188. The molecule has 0 aliphatic heterocycles. The number of hydrogen-bond donors (Lipinski definition) is 1. The fourth-order valence-electron chi connectivity index (χ4n) is 1.96. The maximum atomic E-state index is 12.2. The summed E-state index contributed by atoms with van der Waals surface area (Å²) in [5, 5.41) is 9.69. The number of hydrogen-bond acceptors (Lipinski definition) is 2. The van der Waals surface area contributed by atoms with Crippen molar-refractivity contribution in [3.8, 4) is 5.75 Å². The summed E-state index contributed by atoms with van der Waals surface area (Å²) in [7, 11) is 1.77. The maximum Gasteiger partial charge on any atom is 0.227 e. The average molecular weight is 334 g/mol. The largest absolute Gasteiger partial charge is 0.508 e. The first-order valence-electron chi connectivity index (χ1n) is 6.31. The molecule has 0 unspecified atom stereocenters. The molecule has 2 rings (SSSR count). The Kier molecular flexibility index (Phi) is 4.79. The smallest absolute Gasteiger partial charge is 0.227 e. The summed E-state index contributed by atoms with van der Waals surface area (Å²) in [6.45, 7) is 0.547. The molecule has 0 fully saturated rings. The van der Waals surface area contributed by atoms with E-state index in [4.69, 9.17) is 0 Å². The number of aromatic hydroxyl groups is 1. The molecule has 1 N–H and O–H groups in total. The van der Waals surface area contributed by atoms with Crippen molar-refractivity contribution in [2.24, 2.45) is 0 Å². The van der Waals surface area contributed by atoms with Crippen LogP contribution in [0.2, 0.25) is 0 Å². The maximum absolute atomic E-state index is 12.2. The molecule has 0 radical (unpaired) electrons. The molecule has 4 heteroatoms. The zero-order chi connectivity index (χ0) is 14.5. The van der Waals surface area contributed by atoms with E-state index in [-0.39, 0.29) is 18.1 Å². The van der Waals surface area contributed by atoms with Crippen LogP contribution in [0.5, 0.6) is 5.75 Å². The SMILES string of the molecule is CN(Cc1cccc(Br)c1)C(=O)Cc1ccccc1O. The summed E-state index contributed by atoms with van der Waals surface area (Å²) in [5.41, 5.74) is 1.71. The quantitative estimate of drug-likeness (QED) is 0.931. The lowest BCUT2D eigenvalue weighted by atomic mass is 10.1. The van der Waals surface area contributed by atoms with Gasteiger partial charge in [0, 0.05) is 23.6 Å². The van der Waals surface area contributed by atoms with Gasteiger partial charge < -0.3 is 10.0 Å². The summed E-state index contributed by atoms with van der Waals surface area (Å²) >= 11 is 3.42. The van der Waals surface area contributed by atoms with E-state index in [0.29, 0.717) is 12.1 Å². The fourth-order valence-corrected chi connectivity index (χ4v) is 2.40. The third kappa shape index (κ3) is 3.84. The molecule has 2 aromatic carbocycles. The number of para-hydroxylation sites is 1. The van der Waals surface area contributed by atoms with E-state index < -0.39 is 0 Å². The Hall–Kier alpha value is -1.81. The summed E-state index contributed by atoms with van der Waals surface area (Å²) in [4.78, 5) is 13.8. The topological polar surface area (TPSA) is 40.5 Å². The highest BCUT2D eigenvalue weighted by molar-refractivity contribution is 9.10. The molecular weight excluding hydrogens is 318 g/mol. The third-order valence-electron chi connectivity index (χ3n) is 3.07. The number of nitrogens with zero attached hydrogens (tertiary/aromatic N) is 1. The van der Waals surface area contributed by atoms with Crippen molar-refractivity contribution in [1.29, 1.82) is 0 Å². The van der Waals surface area contributed by atoms with Crippen LogP contribution >= 0.6 is 15.9 Å². The van der Waals surface area contributed by atoms with Crippen molar-refractivity contribution >= 4 is 21.8 Å². The van der Waals surface area contributed by atoms with E-state index in [9.17, 15) is 9.90 Å². The molecule has 0 aliphatic rings. The molecule has 3 nitrogen and oxygen atoms in total. The minimum atomic E-state index is -0.0218. The number of amides is 1. The van der Waals surface area contributed by atoms with Crippen LogP contribution in [0.25, 0.3) is 0 Å². The van der Waals surface area contributed by atoms with Crippen LogP contribution in [-0.2, 0) is 17.8 Å². The Morgan fingerprint density at radius 3 is 2.65 bits per heavy atom. The molecule has 1 amide bonds. The number of benzene rings is 2. The van der Waals surface area contributed by atoms with Gasteiger partial charge in [0.15, 0.2) is 0 Å². The second-order valence-electron chi connectivity index (χ2n) is 4.69. The second-order valence-corrected chi connectivity index (χ2v) is 5.60. The average Bonchev–Trinajstić information content (AvgIpc) is 2.41. The van der Waals surface area contributed by atoms with Crippen LogP contribution in [0.1, 0.15) is 11.1 Å². The number of likely N-dealkylation sites (N-methyl/N-ethyl adjacent to an activating group) is 1. The van der Waals surface area contributed by atoms with Crippen LogP contribution < -0.4 is 0 Å². The lowest BCUT2D eigenvalue weighted by Gasteiger charge is -2.17. The van der Waals surface area contributed by atoms with E-state index in [1.165, 1.54) is 0 Å². The van der Waals surface area contributed by atoms with Gasteiger partial charge in [0.1, 0.15) is 5.75 Å². The molecule has 0 saturated heterocycles. The number of phenols is 1. The molecule has 2 aromatic rings. The number of rotatable bonds is 4. The number of carbonyl (C=O) groups is 1. The number of carbonyl (C=O) groups excluding carboxylic acids is 1. The molecule has 0 bridgehead atoms. The van der Waals surface area contributed by atoms with Crippen LogP contribution in [0.3, 0.4) is 0 Å². The van der Waals surface area contributed by atoms with E-state index in [0.717, 1.165) is 10.0 Å². The van der Waals surface area contributed by atoms with Gasteiger partial charge >= 0.3 is 0 Å². The summed E-state index contributed by atoms with van der Waals surface area (Å²) in [5.74, 6) is 0.142. The van der Waals surface area contributed by atoms with Crippen LogP contribution in [0.15, 0.2) is 53.0 Å². The first kappa shape index (κ1) is 14.6. The highest BCUT2D eigenvalue weighted by atomic mass is 79.9. The van der Waals surface area contributed by atoms with E-state index >= 15 is 0 Å². The molecule has 0 saturated carbocycles. The van der Waals surface area contributed by atoms with Gasteiger partial charge in [-0.05, 0) is 23.8 Å². The van der Waals surface area contributed by atoms with Crippen molar-refractivity contribution in [2.45, 2.75) is 13.0 Å². The Bertz CT molecular complexity index is 613. The number of halogens is 1. The monoisotopic (exact) mass is 333 g/mol. The highest BCUT2D eigenvalue weighted by Gasteiger charge is 2.12. The predicted octanol–water partition coefficient (Wildman–Crippen LogP) is 3.36. The molecule has 0 aliphatic carbocycles. The lowest BCUT2D eigenvalue weighted by Crippen LogP contribution is -2.27. The van der Waals surface area contributed by atoms with Gasteiger partial charge in [-0.2, -0.15) is 0 Å². The molecule has 0 aromatic heterocycles. The number of phenolic OH excluding ortho intramolecular Hbond substituents is 1. The molecule has 20 heavy (non-hydrogen) atoms. The first-order valence-corrected chi connectivity index (χ1v) is 7.11. The Labute approximate surface area is 127 Å². The second kappa shape index (κ2) is 6.57. The van der Waals surface area contributed by atoms with Crippen LogP contribution in [0, 0.1) is 0 Å². The molecule has 0 atom stereocenters. The van der Waals surface area contributed by atoms with Gasteiger partial charge in [0.25, 0.3) is 0 Å². The lowest BCUT2D eigenvalue weighted by molar-refractivity contribution is -0.129. The van der Waals surface area contributed by atoms with Gasteiger partial charge in [-0.1, -0.05) is 46.3 Å². The zero-order valence-corrected chi connectivity index (χ0v) is 12.8. The third-order valence-corrected chi connectivity index (χ3v) is 3.56. The van der Waals surface area contributed by atoms with Gasteiger partial charge in [-0.15, -0.1) is 0 Å². The summed E-state index contributed by atoms with van der Waals surface area (Å²) in [6, 6.07) is 14.8. The predicted molar refractivity (Wildman–Crippen MR) is 82.4 cm³/mol. The normalized spacial score (nSPS) is 10.3. The molecule has 104 valence electrons. The van der Waals surface area contributed by atoms with Crippen molar-refractivity contribution in [1.82, 2.24) is 4.90 Å². The van der Waals surface area contributed by atoms with Crippen LogP contribution in [0.4, 0.5) is 0 Å². The Balaban J connectivity index is 2.01. The van der Waals surface area contributed by atoms with Gasteiger partial charge in [0.2, 0.25) is 5.91 Å². The van der Waals surface area contributed by atoms with Gasteiger partial charge in [-0.25, -0.2) is 0 Å². The van der Waals surface area contributed by atoms with Gasteiger partial charge in [0.05, 0.1) is 6.42 Å². The highest BCUT2D eigenvalue weighted by Crippen LogP contribution is 2.18. The molecule has 0 spiro atoms.